The first-order valence-corrected chi connectivity index (χ1v) is 6.99. The molecule has 0 bridgehead atoms. The monoisotopic (exact) mass is 271 g/mol. The summed E-state index contributed by atoms with van der Waals surface area (Å²) in [5.74, 6) is 2.37. The highest BCUT2D eigenvalue weighted by molar-refractivity contribution is 5.41. The molecule has 0 saturated carbocycles. The van der Waals surface area contributed by atoms with Crippen LogP contribution in [0.3, 0.4) is 0 Å². The standard InChI is InChI=1S/C17H21NO2/c1-3-16(18)15-10-5-6-11-17(15)20-14-9-7-8-13(12-14)19-4-2/h5-12,16H,3-4,18H2,1-2H3/t16-/m1/s1. The summed E-state index contributed by atoms with van der Waals surface area (Å²) in [6.07, 6.45) is 0.874. The molecule has 0 aliphatic carbocycles. The maximum atomic E-state index is 6.12. The first-order valence-electron chi connectivity index (χ1n) is 6.99. The summed E-state index contributed by atoms with van der Waals surface area (Å²) in [4.78, 5) is 0. The first kappa shape index (κ1) is 14.4. The average Bonchev–Trinajstić information content (AvgIpc) is 2.48. The van der Waals surface area contributed by atoms with Gasteiger partial charge in [-0.2, -0.15) is 0 Å². The molecule has 20 heavy (non-hydrogen) atoms. The summed E-state index contributed by atoms with van der Waals surface area (Å²) in [7, 11) is 0. The Morgan fingerprint density at radius 1 is 1.00 bits per heavy atom. The lowest BCUT2D eigenvalue weighted by molar-refractivity contribution is 0.338. The average molecular weight is 271 g/mol. The van der Waals surface area contributed by atoms with E-state index in [1.54, 1.807) is 0 Å². The molecule has 2 aromatic rings. The Morgan fingerprint density at radius 2 is 1.75 bits per heavy atom. The quantitative estimate of drug-likeness (QED) is 0.852. The lowest BCUT2D eigenvalue weighted by Gasteiger charge is -2.15. The molecule has 0 radical (unpaired) electrons. The van der Waals surface area contributed by atoms with Crippen LogP contribution in [0.1, 0.15) is 31.9 Å². The van der Waals surface area contributed by atoms with Gasteiger partial charge < -0.3 is 15.2 Å². The minimum absolute atomic E-state index is 0.0127. The lowest BCUT2D eigenvalue weighted by atomic mass is 10.0. The van der Waals surface area contributed by atoms with Crippen LogP contribution in [0.25, 0.3) is 0 Å². The molecule has 0 spiro atoms. The Bertz CT molecular complexity index is 554. The summed E-state index contributed by atoms with van der Waals surface area (Å²) in [6.45, 7) is 4.67. The fraction of sp³-hybridized carbons (Fsp3) is 0.294. The maximum absolute atomic E-state index is 6.12. The van der Waals surface area contributed by atoms with Gasteiger partial charge in [-0.1, -0.05) is 31.2 Å². The van der Waals surface area contributed by atoms with Crippen molar-refractivity contribution in [2.45, 2.75) is 26.3 Å². The number of para-hydroxylation sites is 1. The van der Waals surface area contributed by atoms with E-state index in [0.717, 1.165) is 29.2 Å². The molecule has 0 saturated heterocycles. The highest BCUT2D eigenvalue weighted by Gasteiger charge is 2.10. The third kappa shape index (κ3) is 3.52. The zero-order valence-electron chi connectivity index (χ0n) is 12.0. The second-order valence-corrected chi connectivity index (χ2v) is 4.56. The van der Waals surface area contributed by atoms with Crippen LogP contribution in [0.2, 0.25) is 0 Å². The number of benzene rings is 2. The highest BCUT2D eigenvalue weighted by Crippen LogP contribution is 2.31. The molecule has 2 aromatic carbocycles. The van der Waals surface area contributed by atoms with Gasteiger partial charge in [0.15, 0.2) is 0 Å². The van der Waals surface area contributed by atoms with E-state index in [2.05, 4.69) is 6.92 Å². The van der Waals surface area contributed by atoms with Crippen molar-refractivity contribution < 1.29 is 9.47 Å². The van der Waals surface area contributed by atoms with Crippen LogP contribution in [0.15, 0.2) is 48.5 Å². The van der Waals surface area contributed by atoms with Crippen molar-refractivity contribution in [2.24, 2.45) is 5.73 Å². The molecule has 3 heteroatoms. The molecule has 106 valence electrons. The van der Waals surface area contributed by atoms with E-state index in [0.29, 0.717) is 6.61 Å². The molecule has 0 aliphatic rings. The number of rotatable bonds is 6. The molecular formula is C17H21NO2. The second-order valence-electron chi connectivity index (χ2n) is 4.56. The zero-order valence-corrected chi connectivity index (χ0v) is 12.0. The number of nitrogens with two attached hydrogens (primary N) is 1. The summed E-state index contributed by atoms with van der Waals surface area (Å²) in [6, 6.07) is 15.5. The van der Waals surface area contributed by atoms with Gasteiger partial charge in [-0.15, -0.1) is 0 Å². The number of hydrogen-bond acceptors (Lipinski definition) is 3. The zero-order chi connectivity index (χ0) is 14.4. The minimum Gasteiger partial charge on any atom is -0.494 e. The van der Waals surface area contributed by atoms with E-state index >= 15 is 0 Å². The van der Waals surface area contributed by atoms with Crippen LogP contribution in [-0.4, -0.2) is 6.61 Å². The van der Waals surface area contributed by atoms with Crippen molar-refractivity contribution in [2.75, 3.05) is 6.61 Å². The predicted molar refractivity (Wildman–Crippen MR) is 81.3 cm³/mol. The van der Waals surface area contributed by atoms with Gasteiger partial charge in [0, 0.05) is 17.7 Å². The van der Waals surface area contributed by atoms with Crippen molar-refractivity contribution in [3.8, 4) is 17.2 Å². The summed E-state index contributed by atoms with van der Waals surface area (Å²) in [5, 5.41) is 0. The van der Waals surface area contributed by atoms with E-state index in [1.165, 1.54) is 0 Å². The molecule has 0 heterocycles. The van der Waals surface area contributed by atoms with Crippen molar-refractivity contribution in [1.29, 1.82) is 0 Å². The largest absolute Gasteiger partial charge is 0.494 e. The van der Waals surface area contributed by atoms with Crippen molar-refractivity contribution in [3.63, 3.8) is 0 Å². The number of hydrogen-bond donors (Lipinski definition) is 1. The van der Waals surface area contributed by atoms with Crippen LogP contribution in [0, 0.1) is 0 Å². The Kier molecular flexibility index (Phi) is 5.02. The van der Waals surface area contributed by atoms with Gasteiger partial charge in [0.05, 0.1) is 6.61 Å². The number of ether oxygens (including phenoxy) is 2. The molecule has 0 aromatic heterocycles. The maximum Gasteiger partial charge on any atom is 0.132 e. The Morgan fingerprint density at radius 3 is 2.50 bits per heavy atom. The van der Waals surface area contributed by atoms with Gasteiger partial charge in [-0.25, -0.2) is 0 Å². The molecule has 0 unspecified atom stereocenters. The third-order valence-corrected chi connectivity index (χ3v) is 3.10. The van der Waals surface area contributed by atoms with Gasteiger partial charge >= 0.3 is 0 Å². The van der Waals surface area contributed by atoms with Crippen LogP contribution >= 0.6 is 0 Å². The van der Waals surface area contributed by atoms with Gasteiger partial charge in [-0.05, 0) is 31.5 Å². The lowest BCUT2D eigenvalue weighted by Crippen LogP contribution is -2.09. The fourth-order valence-corrected chi connectivity index (χ4v) is 2.02. The van der Waals surface area contributed by atoms with Crippen LogP contribution in [-0.2, 0) is 0 Å². The van der Waals surface area contributed by atoms with Gasteiger partial charge in [-0.3, -0.25) is 0 Å². The highest BCUT2D eigenvalue weighted by atomic mass is 16.5. The summed E-state index contributed by atoms with van der Waals surface area (Å²) in [5.41, 5.74) is 7.15. The SMILES string of the molecule is CCOc1cccc(Oc2ccccc2[C@H](N)CC)c1. The van der Waals surface area contributed by atoms with Gasteiger partial charge in [0.25, 0.3) is 0 Å². The molecule has 0 aliphatic heterocycles. The first-order chi connectivity index (χ1) is 9.74. The predicted octanol–water partition coefficient (Wildman–Crippen LogP) is 4.29. The smallest absolute Gasteiger partial charge is 0.132 e. The molecule has 0 amide bonds. The molecular weight excluding hydrogens is 250 g/mol. The molecule has 2 rings (SSSR count). The Hall–Kier alpha value is -2.00. The van der Waals surface area contributed by atoms with Crippen molar-refractivity contribution in [3.05, 3.63) is 54.1 Å². The second kappa shape index (κ2) is 6.96. The van der Waals surface area contributed by atoms with Crippen LogP contribution in [0.5, 0.6) is 17.2 Å². The molecule has 0 fully saturated rings. The Labute approximate surface area is 120 Å². The van der Waals surface area contributed by atoms with Gasteiger partial charge in [0.2, 0.25) is 0 Å². The van der Waals surface area contributed by atoms with Crippen molar-refractivity contribution >= 4 is 0 Å². The summed E-state index contributed by atoms with van der Waals surface area (Å²) < 4.78 is 11.4. The van der Waals surface area contributed by atoms with E-state index in [9.17, 15) is 0 Å². The Balaban J connectivity index is 2.23. The van der Waals surface area contributed by atoms with Crippen molar-refractivity contribution in [1.82, 2.24) is 0 Å². The van der Waals surface area contributed by atoms with Crippen LogP contribution in [0.4, 0.5) is 0 Å². The summed E-state index contributed by atoms with van der Waals surface area (Å²) >= 11 is 0. The third-order valence-electron chi connectivity index (χ3n) is 3.10. The normalized spacial score (nSPS) is 11.9. The van der Waals surface area contributed by atoms with Gasteiger partial charge in [0.1, 0.15) is 17.2 Å². The minimum atomic E-state index is -0.0127. The fourth-order valence-electron chi connectivity index (χ4n) is 2.02. The topological polar surface area (TPSA) is 44.5 Å². The van der Waals surface area contributed by atoms with E-state index in [1.807, 2.05) is 55.5 Å². The van der Waals surface area contributed by atoms with E-state index < -0.39 is 0 Å². The molecule has 3 nitrogen and oxygen atoms in total. The van der Waals surface area contributed by atoms with E-state index in [-0.39, 0.29) is 6.04 Å². The molecule has 1 atom stereocenters. The van der Waals surface area contributed by atoms with E-state index in [4.69, 9.17) is 15.2 Å². The van der Waals surface area contributed by atoms with Crippen LogP contribution < -0.4 is 15.2 Å². The molecule has 2 N–H and O–H groups in total.